The van der Waals surface area contributed by atoms with Gasteiger partial charge >= 0.3 is 0 Å². The van der Waals surface area contributed by atoms with Crippen molar-refractivity contribution in [3.8, 4) is 24.7 Å². The minimum atomic E-state index is -0.0892. The zero-order valence-electron chi connectivity index (χ0n) is 9.85. The van der Waals surface area contributed by atoms with Crippen molar-refractivity contribution >= 4 is 5.91 Å². The molecule has 0 N–H and O–H groups in total. The summed E-state index contributed by atoms with van der Waals surface area (Å²) >= 11 is 0. The minimum Gasteiger partial charge on any atom is -0.378 e. The molecule has 2 rings (SSSR count). The summed E-state index contributed by atoms with van der Waals surface area (Å²) in [5, 5.41) is 0. The van der Waals surface area contributed by atoms with E-state index in [9.17, 15) is 4.79 Å². The molecular weight excluding hydrogens is 228 g/mol. The minimum absolute atomic E-state index is 0.0892. The Kier molecular flexibility index (Phi) is 3.62. The first-order valence-corrected chi connectivity index (χ1v) is 5.57. The molecule has 0 aliphatic carbocycles. The lowest BCUT2D eigenvalue weighted by atomic mass is 10.1. The molecule has 4 nitrogen and oxygen atoms in total. The van der Waals surface area contributed by atoms with E-state index in [4.69, 9.17) is 17.6 Å². The van der Waals surface area contributed by atoms with Crippen LogP contribution in [0.3, 0.4) is 0 Å². The molecule has 0 saturated carbocycles. The summed E-state index contributed by atoms with van der Waals surface area (Å²) in [4.78, 5) is 18.0. The standard InChI is InChI=1S/C14H12N2O2/c1-3-12-9-11(10-13(4-2)15-12)14(17)16-5-7-18-8-6-16/h1-2,9-10H,5-8H2. The quantitative estimate of drug-likeness (QED) is 0.672. The van der Waals surface area contributed by atoms with E-state index in [0.29, 0.717) is 43.3 Å². The molecule has 18 heavy (non-hydrogen) atoms. The van der Waals surface area contributed by atoms with E-state index in [0.717, 1.165) is 0 Å². The number of nitrogens with zero attached hydrogens (tertiary/aromatic N) is 2. The fraction of sp³-hybridized carbons (Fsp3) is 0.286. The summed E-state index contributed by atoms with van der Waals surface area (Å²) in [6.07, 6.45) is 10.6. The van der Waals surface area contributed by atoms with Crippen molar-refractivity contribution in [3.63, 3.8) is 0 Å². The molecule has 1 aliphatic heterocycles. The van der Waals surface area contributed by atoms with Gasteiger partial charge in [0.05, 0.1) is 13.2 Å². The van der Waals surface area contributed by atoms with Crippen LogP contribution in [0.25, 0.3) is 0 Å². The van der Waals surface area contributed by atoms with Gasteiger partial charge < -0.3 is 9.64 Å². The average Bonchev–Trinajstić information content (AvgIpc) is 2.46. The number of terminal acetylenes is 2. The van der Waals surface area contributed by atoms with E-state index in [1.165, 1.54) is 0 Å². The van der Waals surface area contributed by atoms with Gasteiger partial charge in [-0.15, -0.1) is 12.8 Å². The van der Waals surface area contributed by atoms with Crippen LogP contribution in [0.1, 0.15) is 21.7 Å². The van der Waals surface area contributed by atoms with Crippen molar-refractivity contribution in [2.24, 2.45) is 0 Å². The highest BCUT2D eigenvalue weighted by Crippen LogP contribution is 2.10. The number of rotatable bonds is 1. The molecule has 0 radical (unpaired) electrons. The Bertz CT molecular complexity index is 514. The summed E-state index contributed by atoms with van der Waals surface area (Å²) in [7, 11) is 0. The molecule has 1 saturated heterocycles. The highest BCUT2D eigenvalue weighted by molar-refractivity contribution is 5.94. The smallest absolute Gasteiger partial charge is 0.254 e. The fourth-order valence-corrected chi connectivity index (χ4v) is 1.75. The second-order valence-electron chi connectivity index (χ2n) is 3.82. The van der Waals surface area contributed by atoms with Crippen LogP contribution in [0.4, 0.5) is 0 Å². The average molecular weight is 240 g/mol. The molecule has 1 aromatic rings. The van der Waals surface area contributed by atoms with Crippen molar-refractivity contribution in [2.45, 2.75) is 0 Å². The van der Waals surface area contributed by atoms with Gasteiger partial charge in [-0.3, -0.25) is 4.79 Å². The van der Waals surface area contributed by atoms with E-state index in [1.807, 2.05) is 0 Å². The lowest BCUT2D eigenvalue weighted by molar-refractivity contribution is 0.0303. The summed E-state index contributed by atoms with van der Waals surface area (Å²) in [6, 6.07) is 3.16. The number of amides is 1. The summed E-state index contributed by atoms with van der Waals surface area (Å²) in [6.45, 7) is 2.28. The number of carbonyl (C=O) groups excluding carboxylic acids is 1. The van der Waals surface area contributed by atoms with Crippen LogP contribution in [0.5, 0.6) is 0 Å². The lowest BCUT2D eigenvalue weighted by Gasteiger charge is -2.26. The Morgan fingerprint density at radius 3 is 2.28 bits per heavy atom. The molecule has 90 valence electrons. The normalized spacial score (nSPS) is 14.7. The first kappa shape index (κ1) is 12.2. The molecule has 0 atom stereocenters. The topological polar surface area (TPSA) is 42.4 Å². The molecule has 1 aromatic heterocycles. The molecule has 1 fully saturated rings. The van der Waals surface area contributed by atoms with Crippen LogP contribution in [0.2, 0.25) is 0 Å². The van der Waals surface area contributed by atoms with Crippen molar-refractivity contribution in [3.05, 3.63) is 29.1 Å². The van der Waals surface area contributed by atoms with Gasteiger partial charge in [0.15, 0.2) is 0 Å². The van der Waals surface area contributed by atoms with Gasteiger partial charge in [0.25, 0.3) is 5.91 Å². The monoisotopic (exact) mass is 240 g/mol. The van der Waals surface area contributed by atoms with Crippen molar-refractivity contribution < 1.29 is 9.53 Å². The van der Waals surface area contributed by atoms with E-state index < -0.39 is 0 Å². The molecular formula is C14H12N2O2. The molecule has 0 spiro atoms. The molecule has 0 bridgehead atoms. The van der Waals surface area contributed by atoms with E-state index in [-0.39, 0.29) is 5.91 Å². The number of carbonyl (C=O) groups is 1. The Hall–Kier alpha value is -2.30. The van der Waals surface area contributed by atoms with Crippen molar-refractivity contribution in [1.82, 2.24) is 9.88 Å². The van der Waals surface area contributed by atoms with Gasteiger partial charge in [0.2, 0.25) is 0 Å². The van der Waals surface area contributed by atoms with E-state index in [2.05, 4.69) is 16.8 Å². The second kappa shape index (κ2) is 5.35. The number of morpholine rings is 1. The third kappa shape index (κ3) is 2.51. The molecule has 0 aromatic carbocycles. The Balaban J connectivity index is 2.30. The first-order valence-electron chi connectivity index (χ1n) is 5.57. The Morgan fingerprint density at radius 2 is 1.78 bits per heavy atom. The van der Waals surface area contributed by atoms with Crippen LogP contribution in [-0.4, -0.2) is 42.1 Å². The summed E-state index contributed by atoms with van der Waals surface area (Å²) < 4.78 is 5.20. The number of ether oxygens (including phenoxy) is 1. The van der Waals surface area contributed by atoms with Crippen LogP contribution in [0.15, 0.2) is 12.1 Å². The maximum Gasteiger partial charge on any atom is 0.254 e. The number of hydrogen-bond donors (Lipinski definition) is 0. The van der Waals surface area contributed by atoms with Crippen LogP contribution < -0.4 is 0 Å². The molecule has 1 amide bonds. The maximum absolute atomic E-state index is 12.2. The van der Waals surface area contributed by atoms with Gasteiger partial charge in [0.1, 0.15) is 11.4 Å². The molecule has 4 heteroatoms. The van der Waals surface area contributed by atoms with Gasteiger partial charge in [-0.25, -0.2) is 4.98 Å². The third-order valence-electron chi connectivity index (χ3n) is 2.67. The van der Waals surface area contributed by atoms with Crippen LogP contribution >= 0.6 is 0 Å². The number of aromatic nitrogens is 1. The zero-order valence-corrected chi connectivity index (χ0v) is 9.85. The van der Waals surface area contributed by atoms with Gasteiger partial charge in [-0.1, -0.05) is 11.8 Å². The highest BCUT2D eigenvalue weighted by Gasteiger charge is 2.19. The van der Waals surface area contributed by atoms with E-state index >= 15 is 0 Å². The summed E-state index contributed by atoms with van der Waals surface area (Å²) in [5.74, 6) is 4.71. The predicted octanol–water partition coefficient (Wildman–Crippen LogP) is 0.517. The Labute approximate surface area is 106 Å². The lowest BCUT2D eigenvalue weighted by Crippen LogP contribution is -2.40. The fourth-order valence-electron chi connectivity index (χ4n) is 1.75. The number of hydrogen-bond acceptors (Lipinski definition) is 3. The van der Waals surface area contributed by atoms with Crippen LogP contribution in [0, 0.1) is 24.7 Å². The highest BCUT2D eigenvalue weighted by atomic mass is 16.5. The molecule has 1 aliphatic rings. The predicted molar refractivity (Wildman–Crippen MR) is 66.8 cm³/mol. The molecule has 0 unspecified atom stereocenters. The van der Waals surface area contributed by atoms with Crippen molar-refractivity contribution in [1.29, 1.82) is 0 Å². The van der Waals surface area contributed by atoms with Gasteiger partial charge in [-0.2, -0.15) is 0 Å². The SMILES string of the molecule is C#Cc1cc(C(=O)N2CCOCC2)cc(C#C)n1. The first-order chi connectivity index (χ1) is 8.74. The zero-order chi connectivity index (χ0) is 13.0. The Morgan fingerprint density at radius 1 is 1.22 bits per heavy atom. The van der Waals surface area contributed by atoms with Gasteiger partial charge in [0, 0.05) is 18.7 Å². The second-order valence-corrected chi connectivity index (χ2v) is 3.82. The van der Waals surface area contributed by atoms with Crippen LogP contribution in [-0.2, 0) is 4.74 Å². The number of pyridine rings is 1. The third-order valence-corrected chi connectivity index (χ3v) is 2.67. The largest absolute Gasteiger partial charge is 0.378 e. The maximum atomic E-state index is 12.2. The van der Waals surface area contributed by atoms with E-state index in [1.54, 1.807) is 17.0 Å². The van der Waals surface area contributed by atoms with Gasteiger partial charge in [-0.05, 0) is 12.1 Å². The van der Waals surface area contributed by atoms with Crippen molar-refractivity contribution in [2.75, 3.05) is 26.3 Å². The molecule has 2 heterocycles. The summed E-state index contributed by atoms with van der Waals surface area (Å²) in [5.41, 5.74) is 1.23.